The molecule has 1 saturated carbocycles. The van der Waals surface area contributed by atoms with E-state index in [1.165, 1.54) is 6.42 Å². The highest BCUT2D eigenvalue weighted by Crippen LogP contribution is 2.24. The molecule has 1 aliphatic heterocycles. The van der Waals surface area contributed by atoms with Gasteiger partial charge in [-0.1, -0.05) is 0 Å². The van der Waals surface area contributed by atoms with Gasteiger partial charge >= 0.3 is 0 Å². The Labute approximate surface area is 84.6 Å². The fourth-order valence-corrected chi connectivity index (χ4v) is 1.91. The molecule has 14 heavy (non-hydrogen) atoms. The molecule has 4 nitrogen and oxygen atoms in total. The van der Waals surface area contributed by atoms with E-state index in [1.54, 1.807) is 0 Å². The largest absolute Gasteiger partial charge is 0.366 e. The van der Waals surface area contributed by atoms with Crippen LogP contribution >= 0.6 is 0 Å². The standard InChI is InChI=1S/C10H18N2O2/c1-12(8-3-2-4-8)10(13)9-7-11-5-6-14-9/h8-9,11H,2-7H2,1H3. The van der Waals surface area contributed by atoms with Crippen LogP contribution in [0.3, 0.4) is 0 Å². The van der Waals surface area contributed by atoms with Crippen molar-refractivity contribution in [3.05, 3.63) is 0 Å². The summed E-state index contributed by atoms with van der Waals surface area (Å²) >= 11 is 0. The van der Waals surface area contributed by atoms with Crippen LogP contribution < -0.4 is 5.32 Å². The first-order chi connectivity index (χ1) is 6.79. The van der Waals surface area contributed by atoms with Crippen LogP contribution in [-0.4, -0.2) is 49.7 Å². The lowest BCUT2D eigenvalue weighted by molar-refractivity contribution is -0.147. The van der Waals surface area contributed by atoms with Gasteiger partial charge in [0.1, 0.15) is 6.10 Å². The molecule has 0 radical (unpaired) electrons. The lowest BCUT2D eigenvalue weighted by Gasteiger charge is -2.37. The van der Waals surface area contributed by atoms with Gasteiger partial charge in [-0.15, -0.1) is 0 Å². The first kappa shape index (κ1) is 9.93. The number of carbonyl (C=O) groups excluding carboxylic acids is 1. The number of likely N-dealkylation sites (N-methyl/N-ethyl adjacent to an activating group) is 1. The Kier molecular flexibility index (Phi) is 3.03. The second-order valence-electron chi connectivity index (χ2n) is 4.10. The molecule has 0 spiro atoms. The van der Waals surface area contributed by atoms with E-state index in [2.05, 4.69) is 5.32 Å². The average Bonchev–Trinajstić information content (AvgIpc) is 2.15. The lowest BCUT2D eigenvalue weighted by atomic mass is 9.91. The van der Waals surface area contributed by atoms with E-state index in [9.17, 15) is 4.79 Å². The van der Waals surface area contributed by atoms with Crippen molar-refractivity contribution in [1.82, 2.24) is 10.2 Å². The molecular weight excluding hydrogens is 180 g/mol. The maximum absolute atomic E-state index is 11.9. The monoisotopic (exact) mass is 198 g/mol. The second kappa shape index (κ2) is 4.28. The van der Waals surface area contributed by atoms with Crippen LogP contribution in [-0.2, 0) is 9.53 Å². The molecule has 2 rings (SSSR count). The van der Waals surface area contributed by atoms with E-state index >= 15 is 0 Å². The summed E-state index contributed by atoms with van der Waals surface area (Å²) in [7, 11) is 1.89. The van der Waals surface area contributed by atoms with Gasteiger partial charge in [0, 0.05) is 26.2 Å². The van der Waals surface area contributed by atoms with Gasteiger partial charge in [-0.2, -0.15) is 0 Å². The molecule has 1 N–H and O–H groups in total. The Bertz CT molecular complexity index is 206. The topological polar surface area (TPSA) is 41.6 Å². The predicted molar refractivity (Wildman–Crippen MR) is 53.0 cm³/mol. The fraction of sp³-hybridized carbons (Fsp3) is 0.900. The molecule has 2 fully saturated rings. The molecule has 2 aliphatic rings. The third kappa shape index (κ3) is 1.91. The van der Waals surface area contributed by atoms with Crippen LogP contribution in [0.25, 0.3) is 0 Å². The molecule has 0 bridgehead atoms. The second-order valence-corrected chi connectivity index (χ2v) is 4.10. The summed E-state index contributed by atoms with van der Waals surface area (Å²) < 4.78 is 5.43. The highest BCUT2D eigenvalue weighted by molar-refractivity contribution is 5.81. The van der Waals surface area contributed by atoms with Crippen LogP contribution in [0.5, 0.6) is 0 Å². The van der Waals surface area contributed by atoms with E-state index in [4.69, 9.17) is 4.74 Å². The van der Waals surface area contributed by atoms with Gasteiger partial charge in [-0.05, 0) is 19.3 Å². The van der Waals surface area contributed by atoms with E-state index < -0.39 is 0 Å². The molecule has 1 unspecified atom stereocenters. The Morgan fingerprint density at radius 3 is 2.79 bits per heavy atom. The highest BCUT2D eigenvalue weighted by atomic mass is 16.5. The van der Waals surface area contributed by atoms with Crippen molar-refractivity contribution in [2.75, 3.05) is 26.7 Å². The highest BCUT2D eigenvalue weighted by Gasteiger charge is 2.31. The summed E-state index contributed by atoms with van der Waals surface area (Å²) in [5.41, 5.74) is 0. The van der Waals surface area contributed by atoms with Crippen molar-refractivity contribution in [3.8, 4) is 0 Å². The number of rotatable bonds is 2. The summed E-state index contributed by atoms with van der Waals surface area (Å²) in [6.07, 6.45) is 3.31. The number of hydrogen-bond acceptors (Lipinski definition) is 3. The molecule has 4 heteroatoms. The Balaban J connectivity index is 1.85. The molecule has 0 aromatic heterocycles. The maximum atomic E-state index is 11.9. The molecule has 0 aromatic rings. The lowest BCUT2D eigenvalue weighted by Crippen LogP contribution is -2.52. The molecule has 1 heterocycles. The van der Waals surface area contributed by atoms with Crippen molar-refractivity contribution in [2.45, 2.75) is 31.4 Å². The predicted octanol–water partition coefficient (Wildman–Crippen LogP) is -0.0143. The SMILES string of the molecule is CN(C(=O)C1CNCCO1)C1CCC1. The molecular formula is C10H18N2O2. The quantitative estimate of drug-likeness (QED) is 0.678. The van der Waals surface area contributed by atoms with E-state index in [1.807, 2.05) is 11.9 Å². The van der Waals surface area contributed by atoms with E-state index in [0.29, 0.717) is 19.2 Å². The zero-order chi connectivity index (χ0) is 9.97. The number of amides is 1. The van der Waals surface area contributed by atoms with Crippen LogP contribution in [0.1, 0.15) is 19.3 Å². The smallest absolute Gasteiger partial charge is 0.253 e. The van der Waals surface area contributed by atoms with Crippen LogP contribution in [0.4, 0.5) is 0 Å². The van der Waals surface area contributed by atoms with Gasteiger partial charge in [0.15, 0.2) is 0 Å². The average molecular weight is 198 g/mol. The van der Waals surface area contributed by atoms with Gasteiger partial charge < -0.3 is 15.0 Å². The molecule has 1 saturated heterocycles. The Hall–Kier alpha value is -0.610. The first-order valence-electron chi connectivity index (χ1n) is 5.38. The van der Waals surface area contributed by atoms with Crippen molar-refractivity contribution in [3.63, 3.8) is 0 Å². The summed E-state index contributed by atoms with van der Waals surface area (Å²) in [5.74, 6) is 0.141. The van der Waals surface area contributed by atoms with Crippen molar-refractivity contribution >= 4 is 5.91 Å². The fourth-order valence-electron chi connectivity index (χ4n) is 1.91. The van der Waals surface area contributed by atoms with Crippen molar-refractivity contribution in [1.29, 1.82) is 0 Å². The number of morpholine rings is 1. The normalized spacial score (nSPS) is 28.2. The summed E-state index contributed by atoms with van der Waals surface area (Å²) in [5, 5.41) is 3.17. The van der Waals surface area contributed by atoms with Gasteiger partial charge in [0.05, 0.1) is 6.61 Å². The number of nitrogens with zero attached hydrogens (tertiary/aromatic N) is 1. The Morgan fingerprint density at radius 1 is 1.50 bits per heavy atom. The number of carbonyl (C=O) groups is 1. The molecule has 80 valence electrons. The maximum Gasteiger partial charge on any atom is 0.253 e. The molecule has 1 atom stereocenters. The third-order valence-corrected chi connectivity index (χ3v) is 3.17. The third-order valence-electron chi connectivity index (χ3n) is 3.17. The minimum atomic E-state index is -0.255. The van der Waals surface area contributed by atoms with Crippen molar-refractivity contribution in [2.24, 2.45) is 0 Å². The molecule has 0 aromatic carbocycles. The first-order valence-corrected chi connectivity index (χ1v) is 5.38. The molecule has 1 amide bonds. The summed E-state index contributed by atoms with van der Waals surface area (Å²) in [6, 6.07) is 0.466. The van der Waals surface area contributed by atoms with Gasteiger partial charge in [0.25, 0.3) is 5.91 Å². The minimum absolute atomic E-state index is 0.141. The van der Waals surface area contributed by atoms with Crippen LogP contribution in [0.15, 0.2) is 0 Å². The zero-order valence-corrected chi connectivity index (χ0v) is 8.66. The number of ether oxygens (including phenoxy) is 1. The van der Waals surface area contributed by atoms with E-state index in [0.717, 1.165) is 19.4 Å². The number of hydrogen-bond donors (Lipinski definition) is 1. The van der Waals surface area contributed by atoms with Gasteiger partial charge in [-0.3, -0.25) is 4.79 Å². The Morgan fingerprint density at radius 2 is 2.29 bits per heavy atom. The van der Waals surface area contributed by atoms with Gasteiger partial charge in [-0.25, -0.2) is 0 Å². The zero-order valence-electron chi connectivity index (χ0n) is 8.66. The van der Waals surface area contributed by atoms with Crippen molar-refractivity contribution < 1.29 is 9.53 Å². The van der Waals surface area contributed by atoms with Crippen LogP contribution in [0.2, 0.25) is 0 Å². The summed E-state index contributed by atoms with van der Waals surface area (Å²) in [4.78, 5) is 13.8. The van der Waals surface area contributed by atoms with E-state index in [-0.39, 0.29) is 12.0 Å². The number of nitrogens with one attached hydrogen (secondary N) is 1. The van der Waals surface area contributed by atoms with Gasteiger partial charge in [0.2, 0.25) is 0 Å². The minimum Gasteiger partial charge on any atom is -0.366 e. The summed E-state index contributed by atoms with van der Waals surface area (Å²) in [6.45, 7) is 2.17. The van der Waals surface area contributed by atoms with Crippen LogP contribution in [0, 0.1) is 0 Å². The molecule has 1 aliphatic carbocycles.